The lowest BCUT2D eigenvalue weighted by Crippen LogP contribution is -2.06. The Balaban J connectivity index is 1.25. The Morgan fingerprint density at radius 1 is 0.291 bits per heavy atom. The van der Waals surface area contributed by atoms with Gasteiger partial charge in [0.1, 0.15) is 0 Å². The third-order valence-corrected chi connectivity index (χ3v) is 15.5. The molecule has 0 unspecified atom stereocenters. The third-order valence-electron chi connectivity index (χ3n) is 15.5. The van der Waals surface area contributed by atoms with Crippen LogP contribution in [-0.4, -0.2) is 9.13 Å². The smallest absolute Gasteiger partial charge is 0.308 e. The van der Waals surface area contributed by atoms with Crippen LogP contribution in [0.15, 0.2) is 182 Å². The molecule has 0 aliphatic carbocycles. The largest absolute Gasteiger partial charge is 0.416 e. The molecular formula is C70H42F12N4. The van der Waals surface area contributed by atoms with Gasteiger partial charge in [-0.3, -0.25) is 0 Å². The van der Waals surface area contributed by atoms with Crippen LogP contribution in [0.4, 0.5) is 52.7 Å². The maximum atomic E-state index is 14.5. The summed E-state index contributed by atoms with van der Waals surface area (Å²) in [7, 11) is 0. The molecule has 12 aromatic rings. The predicted molar refractivity (Wildman–Crippen MR) is 311 cm³/mol. The molecule has 0 aliphatic rings. The average Bonchev–Trinajstić information content (AvgIpc) is 1.63. The van der Waals surface area contributed by atoms with E-state index in [1.807, 2.05) is 0 Å². The van der Waals surface area contributed by atoms with E-state index in [0.717, 1.165) is 48.5 Å². The lowest BCUT2D eigenvalue weighted by atomic mass is 9.96. The number of benzene rings is 10. The van der Waals surface area contributed by atoms with E-state index in [1.165, 1.54) is 27.7 Å². The normalized spacial score (nSPS) is 12.4. The first kappa shape index (κ1) is 56.4. The second-order valence-corrected chi connectivity index (χ2v) is 21.6. The van der Waals surface area contributed by atoms with Crippen molar-refractivity contribution in [2.24, 2.45) is 0 Å². The van der Waals surface area contributed by atoms with E-state index in [9.17, 15) is 63.2 Å². The summed E-state index contributed by atoms with van der Waals surface area (Å²) in [5, 5.41) is 23.9. The van der Waals surface area contributed by atoms with E-state index in [4.69, 9.17) is 0 Å². The van der Waals surface area contributed by atoms with E-state index in [2.05, 4.69) is 12.1 Å². The Bertz CT molecular complexity index is 4390. The summed E-state index contributed by atoms with van der Waals surface area (Å²) in [6, 6.07) is 48.9. The molecule has 0 radical (unpaired) electrons. The molecule has 2 heterocycles. The van der Waals surface area contributed by atoms with Gasteiger partial charge < -0.3 is 9.13 Å². The molecule has 0 saturated carbocycles. The lowest BCUT2D eigenvalue weighted by Gasteiger charge is -2.22. The van der Waals surface area contributed by atoms with Gasteiger partial charge in [0, 0.05) is 27.1 Å². The molecule has 0 bridgehead atoms. The van der Waals surface area contributed by atoms with Crippen molar-refractivity contribution in [2.45, 2.75) is 52.4 Å². The Labute approximate surface area is 483 Å². The molecule has 0 amide bonds. The highest BCUT2D eigenvalue weighted by Crippen LogP contribution is 2.47. The van der Waals surface area contributed by atoms with Gasteiger partial charge in [-0.1, -0.05) is 84.9 Å². The van der Waals surface area contributed by atoms with Crippen molar-refractivity contribution in [1.29, 1.82) is 10.5 Å². The van der Waals surface area contributed by atoms with Crippen molar-refractivity contribution in [3.05, 3.63) is 238 Å². The van der Waals surface area contributed by atoms with Crippen molar-refractivity contribution in [2.75, 3.05) is 0 Å². The summed E-state index contributed by atoms with van der Waals surface area (Å²) in [5.41, 5.74) is 2.63. The summed E-state index contributed by atoms with van der Waals surface area (Å²) in [6.07, 6.45) is -18.9. The van der Waals surface area contributed by atoms with E-state index >= 15 is 0 Å². The highest BCUT2D eigenvalue weighted by Gasteiger charge is 2.35. The Morgan fingerprint density at radius 2 is 0.581 bits per heavy atom. The van der Waals surface area contributed by atoms with Gasteiger partial charge in [0.05, 0.1) is 79.0 Å². The molecule has 0 N–H and O–H groups in total. The van der Waals surface area contributed by atoms with Crippen LogP contribution in [0.25, 0.3) is 111 Å². The molecule has 0 spiro atoms. The highest BCUT2D eigenvalue weighted by atomic mass is 19.4. The van der Waals surface area contributed by atoms with Gasteiger partial charge in [0.25, 0.3) is 0 Å². The number of aromatic nitrogens is 2. The SMILES string of the molecule is Cc1cc(-c2ccc3c4ccc(-c5cc(C)cc(C(F)(F)F)c5)cc4n(-c4cc(C#N)cc(-n5c6cc(-c7cc(C)cc(C(F)(F)F)c7)ccc6c6ccc(-c7cc(C)cc(C(F)(F)F)c7)cc65)c4-c4cccc(C#N)c4)c3c2)cc(C(F)(F)F)c1. The summed E-state index contributed by atoms with van der Waals surface area (Å²) in [5.74, 6) is 0. The predicted octanol–water partition coefficient (Wildman–Crippen LogP) is 21.3. The quantitative estimate of drug-likeness (QED) is 0.149. The van der Waals surface area contributed by atoms with Crippen molar-refractivity contribution in [3.63, 3.8) is 0 Å². The average molecular weight is 1170 g/mol. The van der Waals surface area contributed by atoms with Crippen LogP contribution in [-0.2, 0) is 24.7 Å². The third kappa shape index (κ3) is 10.2. The van der Waals surface area contributed by atoms with Crippen LogP contribution < -0.4 is 0 Å². The van der Waals surface area contributed by atoms with Crippen LogP contribution in [0, 0.1) is 50.4 Å². The standard InChI is InChI=1S/C70H42F12N4/c1-37-16-48(27-52(20-37)67(71,72)73)43-8-12-56-57-13-9-44(49-17-38(2)21-53(28-49)68(74,75)76)32-61(57)85(60(56)31-43)64-25-42(36-84)26-65(66(64)47-7-5-6-41(24-47)35-83)86-62-33-45(50-18-39(3)22-54(29-50)69(77,78)79)10-14-58(62)59-15-11-46(34-63(59)86)51-19-40(4)23-55(30-51)70(80,81)82/h5-34H,1-4H3. The fourth-order valence-corrected chi connectivity index (χ4v) is 11.8. The zero-order valence-electron chi connectivity index (χ0n) is 45.6. The van der Waals surface area contributed by atoms with Crippen LogP contribution in [0.5, 0.6) is 0 Å². The molecule has 0 aliphatic heterocycles. The Hall–Kier alpha value is -10.1. The number of nitriles is 2. The number of hydrogen-bond donors (Lipinski definition) is 0. The Kier molecular flexibility index (Phi) is 13.3. The monoisotopic (exact) mass is 1170 g/mol. The summed E-state index contributed by atoms with van der Waals surface area (Å²) in [6.45, 7) is 6.13. The van der Waals surface area contributed by atoms with Crippen LogP contribution in [0.3, 0.4) is 0 Å². The van der Waals surface area contributed by atoms with E-state index in [1.54, 1.807) is 143 Å². The Morgan fingerprint density at radius 3 is 0.849 bits per heavy atom. The molecule has 16 heteroatoms. The highest BCUT2D eigenvalue weighted by molar-refractivity contribution is 6.14. The minimum Gasteiger partial charge on any atom is -0.308 e. The molecule has 12 rings (SSSR count). The second-order valence-electron chi connectivity index (χ2n) is 21.6. The van der Waals surface area contributed by atoms with Gasteiger partial charge in [0.15, 0.2) is 0 Å². The van der Waals surface area contributed by atoms with Gasteiger partial charge in [-0.25, -0.2) is 0 Å². The number of nitrogens with zero attached hydrogens (tertiary/aromatic N) is 4. The number of fused-ring (bicyclic) bond motifs is 6. The van der Waals surface area contributed by atoms with Crippen molar-refractivity contribution >= 4 is 43.6 Å². The van der Waals surface area contributed by atoms with Crippen LogP contribution in [0.1, 0.15) is 55.6 Å². The number of halogens is 12. The summed E-state index contributed by atoms with van der Waals surface area (Å²) >= 11 is 0. The first-order valence-corrected chi connectivity index (χ1v) is 26.7. The van der Waals surface area contributed by atoms with Crippen molar-refractivity contribution < 1.29 is 52.7 Å². The zero-order chi connectivity index (χ0) is 61.1. The molecule has 426 valence electrons. The lowest BCUT2D eigenvalue weighted by molar-refractivity contribution is -0.138. The first-order chi connectivity index (χ1) is 40.6. The minimum atomic E-state index is -4.72. The molecule has 0 saturated heterocycles. The van der Waals surface area contributed by atoms with Crippen molar-refractivity contribution in [1.82, 2.24) is 9.13 Å². The van der Waals surface area contributed by atoms with Gasteiger partial charge in [-0.2, -0.15) is 63.2 Å². The second kappa shape index (κ2) is 20.3. The number of aryl methyl sites for hydroxylation is 4. The van der Waals surface area contributed by atoms with Gasteiger partial charge in [-0.15, -0.1) is 0 Å². The maximum Gasteiger partial charge on any atom is 0.416 e. The summed E-state index contributed by atoms with van der Waals surface area (Å²) < 4.78 is 177. The zero-order valence-corrected chi connectivity index (χ0v) is 45.6. The fourth-order valence-electron chi connectivity index (χ4n) is 11.8. The number of rotatable bonds is 7. The van der Waals surface area contributed by atoms with Crippen LogP contribution in [0.2, 0.25) is 0 Å². The molecule has 0 fully saturated rings. The van der Waals surface area contributed by atoms with Gasteiger partial charge in [0.2, 0.25) is 0 Å². The molecular weight excluding hydrogens is 1120 g/mol. The first-order valence-electron chi connectivity index (χ1n) is 26.7. The van der Waals surface area contributed by atoms with Gasteiger partial charge >= 0.3 is 24.7 Å². The van der Waals surface area contributed by atoms with Crippen LogP contribution >= 0.6 is 0 Å². The number of alkyl halides is 12. The van der Waals surface area contributed by atoms with Gasteiger partial charge in [-0.05, 0) is 197 Å². The van der Waals surface area contributed by atoms with E-state index in [0.29, 0.717) is 99.2 Å². The number of hydrogen-bond acceptors (Lipinski definition) is 2. The summed E-state index contributed by atoms with van der Waals surface area (Å²) in [4.78, 5) is 0. The van der Waals surface area contributed by atoms with E-state index in [-0.39, 0.29) is 44.8 Å². The molecule has 86 heavy (non-hydrogen) atoms. The topological polar surface area (TPSA) is 57.4 Å². The molecule has 2 aromatic heterocycles. The van der Waals surface area contributed by atoms with E-state index < -0.39 is 47.0 Å². The fraction of sp³-hybridized carbons (Fsp3) is 0.114. The maximum absolute atomic E-state index is 14.5. The molecule has 10 aromatic carbocycles. The molecule has 4 nitrogen and oxygen atoms in total. The van der Waals surface area contributed by atoms with Crippen molar-refractivity contribution in [3.8, 4) is 79.1 Å². The molecule has 0 atom stereocenters. The minimum absolute atomic E-state index is 0.0174.